The van der Waals surface area contributed by atoms with Gasteiger partial charge >= 0.3 is 5.97 Å². The minimum atomic E-state index is -0.547. The van der Waals surface area contributed by atoms with Gasteiger partial charge in [0.25, 0.3) is 0 Å². The first-order chi connectivity index (χ1) is 12.6. The molecule has 1 fully saturated rings. The van der Waals surface area contributed by atoms with Gasteiger partial charge in [0.05, 0.1) is 11.4 Å². The number of nitrogens with one attached hydrogen (secondary N) is 1. The molecule has 0 spiro atoms. The van der Waals surface area contributed by atoms with Crippen molar-refractivity contribution < 1.29 is 14.3 Å². The maximum atomic E-state index is 11.5. The summed E-state index contributed by atoms with van der Waals surface area (Å²) in [7, 11) is 0. The second kappa shape index (κ2) is 8.48. The van der Waals surface area contributed by atoms with Gasteiger partial charge in [-0.25, -0.2) is 15.0 Å². The number of nitrogens with zero attached hydrogens (tertiary/aromatic N) is 3. The Morgan fingerprint density at radius 3 is 2.69 bits per heavy atom. The van der Waals surface area contributed by atoms with E-state index in [-0.39, 0.29) is 18.9 Å². The van der Waals surface area contributed by atoms with E-state index in [0.29, 0.717) is 17.3 Å². The largest absolute Gasteiger partial charge is 0.459 e. The number of carbonyl (C=O) groups is 1. The zero-order chi connectivity index (χ0) is 18.4. The number of hydrogen-bond donors (Lipinski definition) is 2. The normalized spacial score (nSPS) is 14.8. The van der Waals surface area contributed by atoms with Crippen LogP contribution in [-0.2, 0) is 20.9 Å². The molecule has 8 nitrogen and oxygen atoms in total. The Morgan fingerprint density at radius 1 is 1.27 bits per heavy atom. The van der Waals surface area contributed by atoms with Gasteiger partial charge in [0.1, 0.15) is 24.7 Å². The van der Waals surface area contributed by atoms with Crippen LogP contribution in [0.5, 0.6) is 0 Å². The number of pyridine rings is 1. The van der Waals surface area contributed by atoms with Crippen molar-refractivity contribution in [2.24, 2.45) is 5.73 Å². The first-order valence-corrected chi connectivity index (χ1v) is 8.46. The SMILES string of the molecule is N=C(N)CC(=O)OCc1cccc(-c2cnc(C3CCOCC3)nc2)n1. The van der Waals surface area contributed by atoms with Crippen molar-refractivity contribution in [3.63, 3.8) is 0 Å². The monoisotopic (exact) mass is 355 g/mol. The molecule has 3 rings (SSSR count). The van der Waals surface area contributed by atoms with Crippen LogP contribution in [0.15, 0.2) is 30.6 Å². The summed E-state index contributed by atoms with van der Waals surface area (Å²) in [5.41, 5.74) is 7.29. The second-order valence-electron chi connectivity index (χ2n) is 6.09. The van der Waals surface area contributed by atoms with Crippen molar-refractivity contribution in [1.29, 1.82) is 5.41 Å². The van der Waals surface area contributed by atoms with Gasteiger partial charge < -0.3 is 15.2 Å². The molecule has 3 heterocycles. The number of aromatic nitrogens is 3. The van der Waals surface area contributed by atoms with Gasteiger partial charge in [0.15, 0.2) is 0 Å². The molecule has 0 unspecified atom stereocenters. The fraction of sp³-hybridized carbons (Fsp3) is 0.389. The molecule has 1 saturated heterocycles. The Balaban J connectivity index is 1.65. The van der Waals surface area contributed by atoms with Crippen molar-refractivity contribution in [2.45, 2.75) is 31.8 Å². The molecule has 0 radical (unpaired) electrons. The number of nitrogens with two attached hydrogens (primary N) is 1. The zero-order valence-electron chi connectivity index (χ0n) is 14.4. The fourth-order valence-electron chi connectivity index (χ4n) is 2.72. The van der Waals surface area contributed by atoms with Crippen molar-refractivity contribution >= 4 is 11.8 Å². The molecule has 0 saturated carbocycles. The highest BCUT2D eigenvalue weighted by Gasteiger charge is 2.18. The Bertz CT molecular complexity index is 773. The Morgan fingerprint density at radius 2 is 2.00 bits per heavy atom. The lowest BCUT2D eigenvalue weighted by atomic mass is 9.99. The summed E-state index contributed by atoms with van der Waals surface area (Å²) in [4.78, 5) is 24.9. The van der Waals surface area contributed by atoms with E-state index < -0.39 is 5.97 Å². The van der Waals surface area contributed by atoms with Crippen LogP contribution in [0.2, 0.25) is 0 Å². The molecule has 8 heteroatoms. The summed E-state index contributed by atoms with van der Waals surface area (Å²) < 4.78 is 10.4. The van der Waals surface area contributed by atoms with E-state index in [0.717, 1.165) is 37.4 Å². The molecule has 26 heavy (non-hydrogen) atoms. The first-order valence-electron chi connectivity index (χ1n) is 8.46. The molecule has 1 aliphatic heterocycles. The number of esters is 1. The van der Waals surface area contributed by atoms with Gasteiger partial charge in [0, 0.05) is 37.1 Å². The van der Waals surface area contributed by atoms with Gasteiger partial charge in [-0.2, -0.15) is 0 Å². The predicted octanol–water partition coefficient (Wildman–Crippen LogP) is 1.80. The molecule has 2 aromatic heterocycles. The maximum Gasteiger partial charge on any atom is 0.313 e. The van der Waals surface area contributed by atoms with Crippen LogP contribution in [-0.4, -0.2) is 40.0 Å². The van der Waals surface area contributed by atoms with Gasteiger partial charge in [-0.05, 0) is 25.0 Å². The average Bonchev–Trinajstić information content (AvgIpc) is 2.67. The van der Waals surface area contributed by atoms with Crippen molar-refractivity contribution in [3.8, 4) is 11.3 Å². The minimum Gasteiger partial charge on any atom is -0.459 e. The highest BCUT2D eigenvalue weighted by molar-refractivity contribution is 5.94. The van der Waals surface area contributed by atoms with E-state index in [1.54, 1.807) is 18.5 Å². The third kappa shape index (κ3) is 4.82. The molecule has 0 aliphatic carbocycles. The van der Waals surface area contributed by atoms with E-state index in [4.69, 9.17) is 20.6 Å². The van der Waals surface area contributed by atoms with E-state index in [9.17, 15) is 4.79 Å². The van der Waals surface area contributed by atoms with Crippen LogP contribution < -0.4 is 5.73 Å². The molecule has 0 amide bonds. The lowest BCUT2D eigenvalue weighted by Gasteiger charge is -2.20. The van der Waals surface area contributed by atoms with Crippen LogP contribution >= 0.6 is 0 Å². The van der Waals surface area contributed by atoms with Crippen molar-refractivity contribution in [1.82, 2.24) is 15.0 Å². The van der Waals surface area contributed by atoms with Gasteiger partial charge in [-0.15, -0.1) is 0 Å². The molecule has 0 bridgehead atoms. The molecule has 136 valence electrons. The predicted molar refractivity (Wildman–Crippen MR) is 94.4 cm³/mol. The third-order valence-electron chi connectivity index (χ3n) is 4.08. The zero-order valence-corrected chi connectivity index (χ0v) is 14.4. The summed E-state index contributed by atoms with van der Waals surface area (Å²) in [5.74, 6) is 0.413. The number of ether oxygens (including phenoxy) is 2. The molecular formula is C18H21N5O3. The molecule has 2 aromatic rings. The highest BCUT2D eigenvalue weighted by atomic mass is 16.5. The first kappa shape index (κ1) is 17.9. The number of carbonyl (C=O) groups excluding carboxylic acids is 1. The molecule has 1 aliphatic rings. The van der Waals surface area contributed by atoms with E-state index >= 15 is 0 Å². The van der Waals surface area contributed by atoms with Gasteiger partial charge in [0.2, 0.25) is 0 Å². The Labute approximate surface area is 151 Å². The minimum absolute atomic E-state index is 0.0287. The number of rotatable bonds is 6. The Kier molecular flexibility index (Phi) is 5.85. The van der Waals surface area contributed by atoms with E-state index in [2.05, 4.69) is 15.0 Å². The highest BCUT2D eigenvalue weighted by Crippen LogP contribution is 2.25. The molecule has 0 aromatic carbocycles. The molecule has 3 N–H and O–H groups in total. The van der Waals surface area contributed by atoms with Crippen LogP contribution in [0, 0.1) is 5.41 Å². The fourth-order valence-corrected chi connectivity index (χ4v) is 2.72. The molecular weight excluding hydrogens is 334 g/mol. The third-order valence-corrected chi connectivity index (χ3v) is 4.08. The lowest BCUT2D eigenvalue weighted by Crippen LogP contribution is -2.17. The lowest BCUT2D eigenvalue weighted by molar-refractivity contribution is -0.143. The standard InChI is InChI=1S/C18H21N5O3/c19-16(20)8-17(24)26-11-14-2-1-3-15(23-14)13-9-21-18(22-10-13)12-4-6-25-7-5-12/h1-3,9-10,12H,4-8,11H2,(H3,19,20). The van der Waals surface area contributed by atoms with Crippen LogP contribution in [0.25, 0.3) is 11.3 Å². The maximum absolute atomic E-state index is 11.5. The van der Waals surface area contributed by atoms with E-state index in [1.807, 2.05) is 12.1 Å². The average molecular weight is 355 g/mol. The van der Waals surface area contributed by atoms with Gasteiger partial charge in [-0.3, -0.25) is 10.2 Å². The van der Waals surface area contributed by atoms with E-state index in [1.165, 1.54) is 0 Å². The number of hydrogen-bond acceptors (Lipinski definition) is 7. The topological polar surface area (TPSA) is 124 Å². The summed E-state index contributed by atoms with van der Waals surface area (Å²) in [6.07, 6.45) is 5.20. The van der Waals surface area contributed by atoms with Crippen LogP contribution in [0.3, 0.4) is 0 Å². The van der Waals surface area contributed by atoms with Crippen LogP contribution in [0.4, 0.5) is 0 Å². The summed E-state index contributed by atoms with van der Waals surface area (Å²) >= 11 is 0. The smallest absolute Gasteiger partial charge is 0.313 e. The van der Waals surface area contributed by atoms with Crippen LogP contribution in [0.1, 0.15) is 36.7 Å². The van der Waals surface area contributed by atoms with Crippen molar-refractivity contribution in [3.05, 3.63) is 42.1 Å². The second-order valence-corrected chi connectivity index (χ2v) is 6.09. The summed E-state index contributed by atoms with van der Waals surface area (Å²) in [5, 5.41) is 7.09. The molecule has 0 atom stereocenters. The quantitative estimate of drug-likeness (QED) is 0.460. The summed E-state index contributed by atoms with van der Waals surface area (Å²) in [6.45, 7) is 1.53. The summed E-state index contributed by atoms with van der Waals surface area (Å²) in [6, 6.07) is 5.46. The number of amidine groups is 1. The van der Waals surface area contributed by atoms with Gasteiger partial charge in [-0.1, -0.05) is 6.07 Å². The Hall–Kier alpha value is -2.87. The van der Waals surface area contributed by atoms with Crippen molar-refractivity contribution in [2.75, 3.05) is 13.2 Å².